The number of Topliss-reactive ketones (excluding diaryl/α,β-unsaturated/α-hetero) is 1. The third-order valence-electron chi connectivity index (χ3n) is 6.11. The van der Waals surface area contributed by atoms with E-state index in [-0.39, 0.29) is 35.8 Å². The van der Waals surface area contributed by atoms with Gasteiger partial charge in [0.2, 0.25) is 0 Å². The molecule has 0 aromatic heterocycles. The van der Waals surface area contributed by atoms with Gasteiger partial charge in [0.25, 0.3) is 0 Å². The lowest BCUT2D eigenvalue weighted by molar-refractivity contribution is -0.149. The van der Waals surface area contributed by atoms with Gasteiger partial charge in [0.1, 0.15) is 5.76 Å². The normalized spacial score (nSPS) is 29.5. The van der Waals surface area contributed by atoms with E-state index in [1.807, 2.05) is 34.6 Å². The van der Waals surface area contributed by atoms with Crippen molar-refractivity contribution in [2.75, 3.05) is 0 Å². The highest BCUT2D eigenvalue weighted by atomic mass is 16.5. The van der Waals surface area contributed by atoms with Crippen LogP contribution in [-0.4, -0.2) is 24.0 Å². The lowest BCUT2D eigenvalue weighted by atomic mass is 9.80. The summed E-state index contributed by atoms with van der Waals surface area (Å²) in [5.41, 5.74) is 4.17. The lowest BCUT2D eigenvalue weighted by Gasteiger charge is -2.24. The second-order valence-electron chi connectivity index (χ2n) is 9.36. The molecule has 144 valence electrons. The van der Waals surface area contributed by atoms with Gasteiger partial charge < -0.3 is 9.47 Å². The van der Waals surface area contributed by atoms with Crippen molar-refractivity contribution in [1.82, 2.24) is 0 Å². The van der Waals surface area contributed by atoms with Gasteiger partial charge in [0.05, 0.1) is 35.0 Å². The third-order valence-corrected chi connectivity index (χ3v) is 6.11. The van der Waals surface area contributed by atoms with E-state index in [2.05, 4.69) is 19.1 Å². The largest absolute Gasteiger partial charge is 0.429 e. The topological polar surface area (TPSA) is 52.6 Å². The van der Waals surface area contributed by atoms with Gasteiger partial charge >= 0.3 is 5.97 Å². The van der Waals surface area contributed by atoms with Gasteiger partial charge in [0, 0.05) is 0 Å². The first-order chi connectivity index (χ1) is 12.6. The molecule has 2 aliphatic heterocycles. The average molecular weight is 368 g/mol. The molecule has 4 heteroatoms. The van der Waals surface area contributed by atoms with Gasteiger partial charge in [-0.25, -0.2) is 0 Å². The molecule has 2 bridgehead atoms. The van der Waals surface area contributed by atoms with Crippen LogP contribution in [0.3, 0.4) is 0 Å². The summed E-state index contributed by atoms with van der Waals surface area (Å²) in [4.78, 5) is 26.2. The van der Waals surface area contributed by atoms with E-state index in [0.29, 0.717) is 11.3 Å². The molecule has 0 unspecified atom stereocenters. The van der Waals surface area contributed by atoms with E-state index in [1.54, 1.807) is 0 Å². The van der Waals surface area contributed by atoms with Gasteiger partial charge in [-0.05, 0) is 71.1 Å². The van der Waals surface area contributed by atoms with E-state index in [0.717, 1.165) is 35.1 Å². The molecule has 0 amide bonds. The molecule has 1 aromatic rings. The predicted molar refractivity (Wildman–Crippen MR) is 103 cm³/mol. The molecular weight excluding hydrogens is 340 g/mol. The number of benzene rings is 1. The van der Waals surface area contributed by atoms with Crippen LogP contribution in [0.1, 0.15) is 55.9 Å². The molecule has 3 aliphatic rings. The first-order valence-corrected chi connectivity index (χ1v) is 9.84. The fourth-order valence-corrected chi connectivity index (χ4v) is 4.99. The summed E-state index contributed by atoms with van der Waals surface area (Å²) in [6.45, 7) is 11.6. The average Bonchev–Trinajstić information content (AvgIpc) is 3.21. The molecule has 0 spiro atoms. The maximum atomic E-state index is 13.5. The van der Waals surface area contributed by atoms with E-state index < -0.39 is 5.41 Å². The summed E-state index contributed by atoms with van der Waals surface area (Å²) in [5.74, 6) is -0.000874. The van der Waals surface area contributed by atoms with Crippen molar-refractivity contribution in [3.8, 4) is 0 Å². The van der Waals surface area contributed by atoms with Crippen LogP contribution in [0, 0.1) is 38.0 Å². The van der Waals surface area contributed by atoms with Crippen molar-refractivity contribution < 1.29 is 19.1 Å². The Morgan fingerprint density at radius 3 is 2.15 bits per heavy atom. The second-order valence-corrected chi connectivity index (χ2v) is 9.36. The zero-order valence-corrected chi connectivity index (χ0v) is 17.0. The van der Waals surface area contributed by atoms with Gasteiger partial charge in [-0.3, -0.25) is 9.59 Å². The number of esters is 1. The van der Waals surface area contributed by atoms with E-state index in [4.69, 9.17) is 9.47 Å². The Hall–Kier alpha value is -1.94. The minimum atomic E-state index is -0.630. The number of carbonyl (C=O) groups excluding carboxylic acids is 2. The van der Waals surface area contributed by atoms with Crippen LogP contribution >= 0.6 is 0 Å². The number of fused-ring (bicyclic) bond motifs is 5. The Kier molecular flexibility index (Phi) is 4.12. The van der Waals surface area contributed by atoms with Crippen LogP contribution in [0.15, 0.2) is 17.9 Å². The molecule has 4 rings (SSSR count). The number of ketones is 1. The van der Waals surface area contributed by atoms with Crippen molar-refractivity contribution in [2.24, 2.45) is 17.3 Å². The van der Waals surface area contributed by atoms with Crippen LogP contribution in [-0.2, 0) is 19.1 Å². The number of ether oxygens (including phenoxy) is 2. The number of hydrogen-bond acceptors (Lipinski definition) is 4. The summed E-state index contributed by atoms with van der Waals surface area (Å²) in [6.07, 6.45) is 1.78. The summed E-state index contributed by atoms with van der Waals surface area (Å²) in [6, 6.07) is 4.18. The predicted octanol–water partition coefficient (Wildman–Crippen LogP) is 4.29. The highest BCUT2D eigenvalue weighted by Gasteiger charge is 2.60. The van der Waals surface area contributed by atoms with Crippen molar-refractivity contribution in [3.63, 3.8) is 0 Å². The molecule has 1 aliphatic carbocycles. The summed E-state index contributed by atoms with van der Waals surface area (Å²) < 4.78 is 12.0. The standard InChI is InChI=1S/C23H28O4/c1-11-9-12(2)16(13(3)10-11)19-20(24)17-14-7-8-15(26-14)18(17)21(19)27-22(25)23(4,5)6/h9-10,14-15,17-18H,7-8H2,1-6H3/t14-,15+,17-,18+/m0/s1. The van der Waals surface area contributed by atoms with Crippen molar-refractivity contribution in [2.45, 2.75) is 66.6 Å². The number of hydrogen-bond donors (Lipinski definition) is 0. The summed E-state index contributed by atoms with van der Waals surface area (Å²) in [5, 5.41) is 0. The molecule has 0 saturated carbocycles. The Labute approximate surface area is 160 Å². The number of aryl methyl sites for hydroxylation is 3. The quantitative estimate of drug-likeness (QED) is 0.731. The first kappa shape index (κ1) is 18.4. The minimum Gasteiger partial charge on any atom is -0.429 e. The highest BCUT2D eigenvalue weighted by Crippen LogP contribution is 2.55. The maximum absolute atomic E-state index is 13.5. The Morgan fingerprint density at radius 1 is 1.04 bits per heavy atom. The Balaban J connectivity index is 1.88. The monoisotopic (exact) mass is 368 g/mol. The van der Waals surface area contributed by atoms with Crippen LogP contribution in [0.25, 0.3) is 5.57 Å². The van der Waals surface area contributed by atoms with Crippen LogP contribution in [0.2, 0.25) is 0 Å². The van der Waals surface area contributed by atoms with Crippen molar-refractivity contribution in [3.05, 3.63) is 40.1 Å². The SMILES string of the molecule is Cc1cc(C)c(C2=C(OC(=O)C(C)(C)C)[C@H]3[C@@H](C2=O)[C@@H]2CC[C@H]3O2)c(C)c1. The smallest absolute Gasteiger partial charge is 0.316 e. The molecule has 27 heavy (non-hydrogen) atoms. The van der Waals surface area contributed by atoms with Crippen LogP contribution in [0.5, 0.6) is 0 Å². The minimum absolute atomic E-state index is 0.0183. The van der Waals surface area contributed by atoms with Crippen molar-refractivity contribution in [1.29, 1.82) is 0 Å². The van der Waals surface area contributed by atoms with Crippen molar-refractivity contribution >= 4 is 17.3 Å². The fourth-order valence-electron chi connectivity index (χ4n) is 4.99. The highest BCUT2D eigenvalue weighted by molar-refractivity contribution is 6.26. The van der Waals surface area contributed by atoms with Gasteiger partial charge in [0.15, 0.2) is 5.78 Å². The zero-order chi connectivity index (χ0) is 19.7. The van der Waals surface area contributed by atoms with E-state index in [9.17, 15) is 9.59 Å². The molecule has 4 atom stereocenters. The fraction of sp³-hybridized carbons (Fsp3) is 0.565. The van der Waals surface area contributed by atoms with E-state index >= 15 is 0 Å². The lowest BCUT2D eigenvalue weighted by Crippen LogP contribution is -2.31. The molecule has 1 aromatic carbocycles. The second kappa shape index (κ2) is 6.03. The molecule has 2 heterocycles. The molecule has 0 N–H and O–H groups in total. The van der Waals surface area contributed by atoms with Gasteiger partial charge in [-0.1, -0.05) is 17.7 Å². The number of rotatable bonds is 2. The third kappa shape index (κ3) is 2.77. The molecular formula is C23H28O4. The van der Waals surface area contributed by atoms with E-state index in [1.165, 1.54) is 0 Å². The number of allylic oxidation sites excluding steroid dienone is 1. The van der Waals surface area contributed by atoms with Gasteiger partial charge in [-0.2, -0.15) is 0 Å². The zero-order valence-electron chi connectivity index (χ0n) is 17.0. The molecule has 0 radical (unpaired) electrons. The van der Waals surface area contributed by atoms with Crippen LogP contribution < -0.4 is 0 Å². The number of carbonyl (C=O) groups is 2. The summed E-state index contributed by atoms with van der Waals surface area (Å²) in [7, 11) is 0. The van der Waals surface area contributed by atoms with Gasteiger partial charge in [-0.15, -0.1) is 0 Å². The summed E-state index contributed by atoms with van der Waals surface area (Å²) >= 11 is 0. The molecule has 4 nitrogen and oxygen atoms in total. The Morgan fingerprint density at radius 2 is 1.59 bits per heavy atom. The maximum Gasteiger partial charge on any atom is 0.316 e. The molecule has 2 fully saturated rings. The first-order valence-electron chi connectivity index (χ1n) is 9.84. The van der Waals surface area contributed by atoms with Crippen LogP contribution in [0.4, 0.5) is 0 Å². The Bertz CT molecular complexity index is 848. The molecule has 2 saturated heterocycles.